The van der Waals surface area contributed by atoms with E-state index in [-0.39, 0.29) is 17.6 Å². The number of thioether (sulfide) groups is 1. The lowest BCUT2D eigenvalue weighted by Crippen LogP contribution is -2.14. The minimum absolute atomic E-state index is 0.139. The van der Waals surface area contributed by atoms with Gasteiger partial charge in [0.2, 0.25) is 11.0 Å². The van der Waals surface area contributed by atoms with Crippen molar-refractivity contribution in [2.24, 2.45) is 5.92 Å². The van der Waals surface area contributed by atoms with Crippen LogP contribution in [0.2, 0.25) is 0 Å². The van der Waals surface area contributed by atoms with Crippen LogP contribution in [0.3, 0.4) is 0 Å². The molecule has 1 aliphatic rings. The molecule has 1 aliphatic carbocycles. The fraction of sp³-hybridized carbons (Fsp3) is 0.500. The first-order valence-corrected chi connectivity index (χ1v) is 12.9. The molecule has 0 fully saturated rings. The van der Waals surface area contributed by atoms with Crippen LogP contribution in [0.1, 0.15) is 54.4 Å². The predicted octanol–water partition coefficient (Wildman–Crippen LogP) is 4.48. The van der Waals surface area contributed by atoms with Gasteiger partial charge < -0.3 is 0 Å². The van der Waals surface area contributed by atoms with Crippen molar-refractivity contribution in [2.45, 2.75) is 58.0 Å². The van der Waals surface area contributed by atoms with Gasteiger partial charge in [-0.05, 0) is 37.7 Å². The number of nitrogens with one attached hydrogen (secondary N) is 1. The van der Waals surface area contributed by atoms with Crippen LogP contribution in [0.5, 0.6) is 0 Å². The van der Waals surface area contributed by atoms with Gasteiger partial charge in [-0.2, -0.15) is 0 Å². The molecule has 0 saturated heterocycles. The van der Waals surface area contributed by atoms with Crippen molar-refractivity contribution in [1.29, 1.82) is 0 Å². The van der Waals surface area contributed by atoms with E-state index in [0.717, 1.165) is 39.5 Å². The topological polar surface area (TPSA) is 98.0 Å². The van der Waals surface area contributed by atoms with Crippen LogP contribution in [0.4, 0.5) is 5.13 Å². The van der Waals surface area contributed by atoms with Gasteiger partial charge in [0, 0.05) is 10.8 Å². The van der Waals surface area contributed by atoms with Crippen molar-refractivity contribution >= 4 is 61.3 Å². The van der Waals surface area contributed by atoms with E-state index in [1.807, 2.05) is 11.3 Å². The van der Waals surface area contributed by atoms with Gasteiger partial charge in [-0.3, -0.25) is 14.5 Å². The number of aryl methyl sites for hydroxylation is 2. The molecule has 5 rings (SSSR count). The molecular formula is C20H23N7OS3. The highest BCUT2D eigenvalue weighted by Crippen LogP contribution is 2.40. The number of thiophene rings is 1. The largest absolute Gasteiger partial charge is 0.300 e. The number of hydrogen-bond donors (Lipinski definition) is 1. The Bertz CT molecular complexity index is 1290. The van der Waals surface area contributed by atoms with Crippen LogP contribution >= 0.6 is 34.4 Å². The van der Waals surface area contributed by atoms with Gasteiger partial charge in [-0.25, -0.2) is 4.98 Å². The molecular weight excluding hydrogens is 450 g/mol. The van der Waals surface area contributed by atoms with Crippen molar-refractivity contribution in [2.75, 3.05) is 11.1 Å². The molecule has 11 heteroatoms. The zero-order chi connectivity index (χ0) is 21.7. The number of rotatable bonds is 5. The molecule has 8 nitrogen and oxygen atoms in total. The fourth-order valence-corrected chi connectivity index (χ4v) is 6.68. The molecule has 1 amide bonds. The lowest BCUT2D eigenvalue weighted by Gasteiger charge is -2.17. The maximum absolute atomic E-state index is 12.4. The third-order valence-electron chi connectivity index (χ3n) is 5.42. The minimum atomic E-state index is -0.139. The molecule has 0 aromatic carbocycles. The zero-order valence-electron chi connectivity index (χ0n) is 17.8. The maximum atomic E-state index is 12.4. The van der Waals surface area contributed by atoms with E-state index >= 15 is 0 Å². The van der Waals surface area contributed by atoms with E-state index in [0.29, 0.717) is 16.2 Å². The second-order valence-corrected chi connectivity index (χ2v) is 11.5. The van der Waals surface area contributed by atoms with Crippen LogP contribution in [-0.4, -0.2) is 41.4 Å². The Kier molecular flexibility index (Phi) is 5.43. The maximum Gasteiger partial charge on any atom is 0.236 e. The molecule has 4 aromatic rings. The van der Waals surface area contributed by atoms with Gasteiger partial charge in [-0.15, -0.1) is 31.7 Å². The van der Waals surface area contributed by atoms with Gasteiger partial charge in [0.25, 0.3) is 0 Å². The summed E-state index contributed by atoms with van der Waals surface area (Å²) >= 11 is 4.53. The molecule has 31 heavy (non-hydrogen) atoms. The quantitative estimate of drug-likeness (QED) is 0.427. The van der Waals surface area contributed by atoms with Crippen molar-refractivity contribution < 1.29 is 4.79 Å². The molecule has 0 radical (unpaired) electrons. The van der Waals surface area contributed by atoms with Gasteiger partial charge in [0.05, 0.1) is 11.1 Å². The molecule has 0 saturated carbocycles. The first-order chi connectivity index (χ1) is 14.9. The van der Waals surface area contributed by atoms with E-state index < -0.39 is 0 Å². The summed E-state index contributed by atoms with van der Waals surface area (Å²) in [5, 5.41) is 22.9. The summed E-state index contributed by atoms with van der Waals surface area (Å²) in [5.74, 6) is 1.93. The van der Waals surface area contributed by atoms with Crippen LogP contribution in [-0.2, 0) is 17.6 Å². The predicted molar refractivity (Wildman–Crippen MR) is 125 cm³/mol. The fourth-order valence-electron chi connectivity index (χ4n) is 3.95. The Morgan fingerprint density at radius 1 is 1.26 bits per heavy atom. The number of carbonyl (C=O) groups is 1. The summed E-state index contributed by atoms with van der Waals surface area (Å²) < 4.78 is 2.05. The number of fused-ring (bicyclic) bond motifs is 5. The summed E-state index contributed by atoms with van der Waals surface area (Å²) in [4.78, 5) is 19.9. The molecule has 162 valence electrons. The Labute approximate surface area is 191 Å². The smallest absolute Gasteiger partial charge is 0.236 e. The van der Waals surface area contributed by atoms with Gasteiger partial charge in [-0.1, -0.05) is 43.9 Å². The lowest BCUT2D eigenvalue weighted by molar-refractivity contribution is -0.113. The molecule has 4 heterocycles. The van der Waals surface area contributed by atoms with Crippen molar-refractivity contribution in [3.63, 3.8) is 0 Å². The third-order valence-corrected chi connectivity index (χ3v) is 8.25. The number of hydrogen-bond acceptors (Lipinski definition) is 9. The van der Waals surface area contributed by atoms with Crippen molar-refractivity contribution in [3.05, 3.63) is 21.3 Å². The third kappa shape index (κ3) is 3.83. The van der Waals surface area contributed by atoms with Crippen LogP contribution in [0, 0.1) is 12.8 Å². The second-order valence-electron chi connectivity index (χ2n) is 8.26. The molecule has 0 aliphatic heterocycles. The number of carbonyl (C=O) groups excluding carboxylic acids is 1. The summed E-state index contributed by atoms with van der Waals surface area (Å²) in [6.45, 7) is 8.43. The summed E-state index contributed by atoms with van der Waals surface area (Å²) in [6, 6.07) is 0. The number of nitrogens with zero attached hydrogens (tertiary/aromatic N) is 6. The summed E-state index contributed by atoms with van der Waals surface area (Å²) in [5.41, 5.74) is 2.25. The molecule has 4 aromatic heterocycles. The second kappa shape index (κ2) is 8.10. The zero-order valence-corrected chi connectivity index (χ0v) is 20.2. The van der Waals surface area contributed by atoms with Gasteiger partial charge in [0.1, 0.15) is 15.7 Å². The van der Waals surface area contributed by atoms with E-state index in [1.54, 1.807) is 11.3 Å². The number of aromatic nitrogens is 6. The van der Waals surface area contributed by atoms with Gasteiger partial charge >= 0.3 is 0 Å². The van der Waals surface area contributed by atoms with E-state index in [9.17, 15) is 4.79 Å². The van der Waals surface area contributed by atoms with E-state index in [2.05, 4.69) is 46.5 Å². The van der Waals surface area contributed by atoms with Crippen LogP contribution in [0.15, 0.2) is 5.16 Å². The molecule has 0 bridgehead atoms. The normalized spacial score (nSPS) is 16.4. The van der Waals surface area contributed by atoms with Crippen LogP contribution < -0.4 is 5.32 Å². The van der Waals surface area contributed by atoms with Crippen LogP contribution in [0.25, 0.3) is 15.9 Å². The molecule has 0 unspecified atom stereocenters. The van der Waals surface area contributed by atoms with E-state index in [1.165, 1.54) is 40.0 Å². The molecule has 1 N–H and O–H groups in total. The molecule has 1 atom stereocenters. The van der Waals surface area contributed by atoms with Crippen molar-refractivity contribution in [3.8, 4) is 0 Å². The monoisotopic (exact) mass is 473 g/mol. The summed E-state index contributed by atoms with van der Waals surface area (Å²) in [6.07, 6.45) is 3.37. The number of amides is 1. The van der Waals surface area contributed by atoms with Gasteiger partial charge in [0.15, 0.2) is 10.8 Å². The Balaban J connectivity index is 1.50. The average Bonchev–Trinajstić information content (AvgIpc) is 3.41. The van der Waals surface area contributed by atoms with E-state index in [4.69, 9.17) is 4.98 Å². The highest BCUT2D eigenvalue weighted by atomic mass is 32.2. The highest BCUT2D eigenvalue weighted by Gasteiger charge is 2.26. The Hall–Kier alpha value is -2.11. The lowest BCUT2D eigenvalue weighted by atomic mass is 9.89. The molecule has 0 spiro atoms. The average molecular weight is 474 g/mol. The summed E-state index contributed by atoms with van der Waals surface area (Å²) in [7, 11) is 0. The first kappa shape index (κ1) is 20.8. The Morgan fingerprint density at radius 3 is 2.84 bits per heavy atom. The first-order valence-electron chi connectivity index (χ1n) is 10.3. The standard InChI is InChI=1S/C20H23N7OS3/c1-9(2)16-22-18-15(12-6-5-10(3)7-13(12)31-18)17-24-26-20(27(16)17)29-8-14(28)21-19-25-23-11(4)30-19/h9-10H,5-8H2,1-4H3,(H,21,25,28)/t10-/m0/s1. The highest BCUT2D eigenvalue weighted by molar-refractivity contribution is 7.99. The SMILES string of the molecule is Cc1nnc(NC(=O)CSc2nnc3c4c5c(sc4nc(C(C)C)n23)C[C@@H](C)CC5)s1. The Morgan fingerprint density at radius 2 is 2.10 bits per heavy atom. The minimum Gasteiger partial charge on any atom is -0.300 e. The van der Waals surface area contributed by atoms with Crippen molar-refractivity contribution in [1.82, 2.24) is 29.8 Å². The number of anilines is 1.